The van der Waals surface area contributed by atoms with Gasteiger partial charge in [-0.2, -0.15) is 0 Å². The van der Waals surface area contributed by atoms with Crippen LogP contribution in [0.3, 0.4) is 0 Å². The molecule has 0 nitrogen and oxygen atoms in total. The van der Waals surface area contributed by atoms with Crippen LogP contribution < -0.4 is 0 Å². The van der Waals surface area contributed by atoms with E-state index in [0.29, 0.717) is 10.6 Å². The molecule has 0 heterocycles. The van der Waals surface area contributed by atoms with E-state index in [0.717, 1.165) is 0 Å². The van der Waals surface area contributed by atoms with Gasteiger partial charge in [0.2, 0.25) is 0 Å². The highest BCUT2D eigenvalue weighted by Crippen LogP contribution is 2.20. The molecular weight excluding hydrogens is 195 g/mol. The van der Waals surface area contributed by atoms with Gasteiger partial charge in [0.15, 0.2) is 0 Å². The Morgan fingerprint density at radius 2 is 2.25 bits per heavy atom. The molecule has 0 aliphatic rings. The van der Waals surface area contributed by atoms with Gasteiger partial charge in [-0.25, -0.2) is 4.39 Å². The normalized spacial score (nSPS) is 10.9. The van der Waals surface area contributed by atoms with Gasteiger partial charge in [0.1, 0.15) is 5.82 Å². The van der Waals surface area contributed by atoms with Crippen LogP contribution in [0.2, 0.25) is 5.02 Å². The molecule has 1 aromatic carbocycles. The Labute approximate surface area is 80.4 Å². The van der Waals surface area contributed by atoms with Crippen LogP contribution in [0.4, 0.5) is 4.39 Å². The molecule has 1 rings (SSSR count). The van der Waals surface area contributed by atoms with Gasteiger partial charge in [0.05, 0.1) is 5.02 Å². The Morgan fingerprint density at radius 1 is 1.50 bits per heavy atom. The van der Waals surface area contributed by atoms with Crippen molar-refractivity contribution in [2.45, 2.75) is 0 Å². The van der Waals surface area contributed by atoms with E-state index in [1.165, 1.54) is 17.8 Å². The monoisotopic (exact) mass is 202 g/mol. The minimum absolute atomic E-state index is 0.284. The van der Waals surface area contributed by atoms with Gasteiger partial charge in [-0.15, -0.1) is 11.8 Å². The molecule has 0 saturated heterocycles. The van der Waals surface area contributed by atoms with E-state index >= 15 is 0 Å². The average molecular weight is 203 g/mol. The van der Waals surface area contributed by atoms with Crippen LogP contribution in [-0.2, 0) is 0 Å². The largest absolute Gasteiger partial charge is 0.206 e. The topological polar surface area (TPSA) is 0 Å². The van der Waals surface area contributed by atoms with E-state index in [1.54, 1.807) is 23.6 Å². The molecule has 0 bridgehead atoms. The summed E-state index contributed by atoms with van der Waals surface area (Å²) >= 11 is 7.27. The summed E-state index contributed by atoms with van der Waals surface area (Å²) < 4.78 is 13.0. The number of halogens is 2. The van der Waals surface area contributed by atoms with E-state index < -0.39 is 0 Å². The van der Waals surface area contributed by atoms with E-state index in [1.807, 2.05) is 6.26 Å². The molecule has 0 aromatic heterocycles. The summed E-state index contributed by atoms with van der Waals surface area (Å²) in [6.07, 6.45) is 3.58. The molecule has 0 unspecified atom stereocenters. The molecule has 0 aliphatic carbocycles. The van der Waals surface area contributed by atoms with Crippen LogP contribution in [0, 0.1) is 5.82 Å². The van der Waals surface area contributed by atoms with Crippen LogP contribution in [0.15, 0.2) is 23.6 Å². The fraction of sp³-hybridized carbons (Fsp3) is 0.111. The van der Waals surface area contributed by atoms with Crippen molar-refractivity contribution in [3.05, 3.63) is 40.0 Å². The first-order valence-electron chi connectivity index (χ1n) is 3.39. The first-order valence-corrected chi connectivity index (χ1v) is 5.05. The van der Waals surface area contributed by atoms with Gasteiger partial charge in [-0.3, -0.25) is 0 Å². The molecule has 0 spiro atoms. The summed E-state index contributed by atoms with van der Waals surface area (Å²) in [5.74, 6) is -0.284. The predicted molar refractivity (Wildman–Crippen MR) is 54.0 cm³/mol. The fourth-order valence-corrected chi connectivity index (χ4v) is 1.30. The molecule has 12 heavy (non-hydrogen) atoms. The predicted octanol–water partition coefficient (Wildman–Crippen LogP) is 3.81. The Bertz CT molecular complexity index is 276. The highest BCUT2D eigenvalue weighted by Gasteiger charge is 2.01. The zero-order valence-electron chi connectivity index (χ0n) is 6.55. The Balaban J connectivity index is 3.04. The minimum atomic E-state index is -0.284. The van der Waals surface area contributed by atoms with Crippen LogP contribution in [0.1, 0.15) is 5.56 Å². The lowest BCUT2D eigenvalue weighted by atomic mass is 10.2. The van der Waals surface area contributed by atoms with E-state index in [4.69, 9.17) is 11.6 Å². The molecule has 0 fully saturated rings. The van der Waals surface area contributed by atoms with Gasteiger partial charge in [-0.1, -0.05) is 17.7 Å². The van der Waals surface area contributed by atoms with E-state index in [9.17, 15) is 4.39 Å². The van der Waals surface area contributed by atoms with Crippen LogP contribution >= 0.6 is 23.4 Å². The third kappa shape index (κ3) is 2.26. The summed E-state index contributed by atoms with van der Waals surface area (Å²) in [4.78, 5) is 0. The van der Waals surface area contributed by atoms with Crippen LogP contribution in [0.25, 0.3) is 6.08 Å². The summed E-state index contributed by atoms with van der Waals surface area (Å²) in [5.41, 5.74) is 0.452. The number of thioether (sulfide) groups is 1. The number of hydrogen-bond donors (Lipinski definition) is 0. The van der Waals surface area contributed by atoms with Crippen LogP contribution in [-0.4, -0.2) is 6.26 Å². The molecule has 0 N–H and O–H groups in total. The molecule has 0 saturated carbocycles. The SMILES string of the molecule is CS/C=C/c1c(F)cccc1Cl. The molecule has 0 aliphatic heterocycles. The van der Waals surface area contributed by atoms with Crippen molar-refractivity contribution in [2.24, 2.45) is 0 Å². The second-order valence-electron chi connectivity index (χ2n) is 2.17. The minimum Gasteiger partial charge on any atom is -0.206 e. The number of rotatable bonds is 2. The summed E-state index contributed by atoms with van der Waals surface area (Å²) in [5, 5.41) is 2.24. The van der Waals surface area contributed by atoms with Gasteiger partial charge < -0.3 is 0 Å². The van der Waals surface area contributed by atoms with Gasteiger partial charge in [0, 0.05) is 5.56 Å². The van der Waals surface area contributed by atoms with Crippen molar-refractivity contribution in [3.8, 4) is 0 Å². The quantitative estimate of drug-likeness (QED) is 0.703. The van der Waals surface area contributed by atoms with Crippen LogP contribution in [0.5, 0.6) is 0 Å². The smallest absolute Gasteiger partial charge is 0.131 e. The van der Waals surface area contributed by atoms with Crippen molar-refractivity contribution in [3.63, 3.8) is 0 Å². The van der Waals surface area contributed by atoms with Crippen molar-refractivity contribution < 1.29 is 4.39 Å². The molecule has 64 valence electrons. The zero-order chi connectivity index (χ0) is 8.97. The van der Waals surface area contributed by atoms with Crippen molar-refractivity contribution in [1.82, 2.24) is 0 Å². The Kier molecular flexibility index (Phi) is 3.63. The summed E-state index contributed by atoms with van der Waals surface area (Å²) in [7, 11) is 0. The molecule has 0 radical (unpaired) electrons. The average Bonchev–Trinajstić information content (AvgIpc) is 2.04. The molecular formula is C9H8ClFS. The first kappa shape index (κ1) is 9.62. The van der Waals surface area contributed by atoms with Gasteiger partial charge in [-0.05, 0) is 29.9 Å². The van der Waals surface area contributed by atoms with E-state index in [2.05, 4.69) is 0 Å². The van der Waals surface area contributed by atoms with Crippen molar-refractivity contribution in [2.75, 3.05) is 6.26 Å². The van der Waals surface area contributed by atoms with Crippen molar-refractivity contribution in [1.29, 1.82) is 0 Å². The summed E-state index contributed by atoms with van der Waals surface area (Å²) in [6.45, 7) is 0. The molecule has 0 amide bonds. The van der Waals surface area contributed by atoms with E-state index in [-0.39, 0.29) is 5.82 Å². The number of hydrogen-bond acceptors (Lipinski definition) is 1. The Morgan fingerprint density at radius 3 is 2.83 bits per heavy atom. The lowest BCUT2D eigenvalue weighted by Gasteiger charge is -1.98. The lowest BCUT2D eigenvalue weighted by molar-refractivity contribution is 0.625. The maximum atomic E-state index is 13.0. The highest BCUT2D eigenvalue weighted by molar-refractivity contribution is 8.01. The zero-order valence-corrected chi connectivity index (χ0v) is 8.12. The van der Waals surface area contributed by atoms with Gasteiger partial charge in [0.25, 0.3) is 0 Å². The second kappa shape index (κ2) is 4.53. The molecule has 1 aromatic rings. The fourth-order valence-electron chi connectivity index (χ4n) is 0.806. The molecule has 0 atom stereocenters. The Hall–Kier alpha value is -0.470. The number of benzene rings is 1. The molecule has 3 heteroatoms. The highest BCUT2D eigenvalue weighted by atomic mass is 35.5. The maximum absolute atomic E-state index is 13.0. The summed E-state index contributed by atoms with van der Waals surface area (Å²) in [6, 6.07) is 4.66. The second-order valence-corrected chi connectivity index (χ2v) is 3.32. The van der Waals surface area contributed by atoms with Gasteiger partial charge >= 0.3 is 0 Å². The lowest BCUT2D eigenvalue weighted by Crippen LogP contribution is -1.81. The maximum Gasteiger partial charge on any atom is 0.131 e. The first-order chi connectivity index (χ1) is 5.75. The third-order valence-corrected chi connectivity index (χ3v) is 2.11. The van der Waals surface area contributed by atoms with Crippen molar-refractivity contribution >= 4 is 29.4 Å². The third-order valence-electron chi connectivity index (χ3n) is 1.37. The standard InChI is InChI=1S/C9H8ClFS/c1-12-6-5-7-8(10)3-2-4-9(7)11/h2-6H,1H3/b6-5+.